The summed E-state index contributed by atoms with van der Waals surface area (Å²) in [7, 11) is 0. The minimum atomic E-state index is 0. The smallest absolute Gasteiger partial charge is 0.122 e. The second kappa shape index (κ2) is 7.39. The van der Waals surface area contributed by atoms with E-state index < -0.39 is 0 Å². The highest BCUT2D eigenvalue weighted by atomic mass is 35.5. The van der Waals surface area contributed by atoms with Gasteiger partial charge in [-0.3, -0.25) is 5.41 Å². The summed E-state index contributed by atoms with van der Waals surface area (Å²) < 4.78 is 5.88. The summed E-state index contributed by atoms with van der Waals surface area (Å²) in [6.45, 7) is 0.669. The number of benzene rings is 1. The Labute approximate surface area is 115 Å². The Kier molecular flexibility index (Phi) is 6.16. The van der Waals surface area contributed by atoms with Crippen LogP contribution in [0.5, 0.6) is 0 Å². The molecule has 0 aromatic heterocycles. The van der Waals surface area contributed by atoms with Crippen LogP contribution < -0.4 is 5.73 Å². The van der Waals surface area contributed by atoms with Crippen LogP contribution in [-0.4, -0.2) is 11.9 Å². The van der Waals surface area contributed by atoms with Gasteiger partial charge in [0.1, 0.15) is 5.84 Å². The number of ether oxygens (including phenoxy) is 1. The number of hydrogen-bond acceptors (Lipinski definition) is 2. The van der Waals surface area contributed by atoms with E-state index in [0.717, 1.165) is 11.1 Å². The lowest BCUT2D eigenvalue weighted by atomic mass is 9.98. The van der Waals surface area contributed by atoms with E-state index in [1.807, 2.05) is 24.3 Å². The lowest BCUT2D eigenvalue weighted by Crippen LogP contribution is -2.16. The second-order valence-corrected chi connectivity index (χ2v) is 4.68. The van der Waals surface area contributed by atoms with Gasteiger partial charge in [0.05, 0.1) is 12.7 Å². The molecular formula is C14H21ClN2O. The average molecular weight is 269 g/mol. The SMILES string of the molecule is Cl.N=C(N)c1ccc(COC2CCCCC2)cc1. The zero-order valence-corrected chi connectivity index (χ0v) is 11.3. The van der Waals surface area contributed by atoms with Gasteiger partial charge in [0.2, 0.25) is 0 Å². The monoisotopic (exact) mass is 268 g/mol. The van der Waals surface area contributed by atoms with E-state index in [0.29, 0.717) is 12.7 Å². The molecule has 1 aromatic rings. The summed E-state index contributed by atoms with van der Waals surface area (Å²) in [5, 5.41) is 7.31. The van der Waals surface area contributed by atoms with Crippen LogP contribution in [0, 0.1) is 5.41 Å². The molecule has 18 heavy (non-hydrogen) atoms. The summed E-state index contributed by atoms with van der Waals surface area (Å²) in [5.41, 5.74) is 7.33. The number of nitrogens with two attached hydrogens (primary N) is 1. The molecule has 1 aliphatic rings. The van der Waals surface area contributed by atoms with Crippen LogP contribution in [0.4, 0.5) is 0 Å². The van der Waals surface area contributed by atoms with Crippen molar-refractivity contribution in [3.05, 3.63) is 35.4 Å². The molecule has 0 saturated heterocycles. The predicted molar refractivity (Wildman–Crippen MR) is 76.4 cm³/mol. The molecule has 0 atom stereocenters. The molecule has 1 saturated carbocycles. The standard InChI is InChI=1S/C14H20N2O.ClH/c15-14(16)12-8-6-11(7-9-12)10-17-13-4-2-1-3-5-13;/h6-9,13H,1-5,10H2,(H3,15,16);1H. The third kappa shape index (κ3) is 4.31. The molecule has 0 unspecified atom stereocenters. The molecule has 1 fully saturated rings. The maximum Gasteiger partial charge on any atom is 0.122 e. The molecule has 0 amide bonds. The average Bonchev–Trinajstić information content (AvgIpc) is 2.38. The van der Waals surface area contributed by atoms with Crippen LogP contribution in [0.3, 0.4) is 0 Å². The Morgan fingerprint density at radius 1 is 1.17 bits per heavy atom. The second-order valence-electron chi connectivity index (χ2n) is 4.68. The summed E-state index contributed by atoms with van der Waals surface area (Å²) in [6.07, 6.45) is 6.79. The predicted octanol–water partition coefficient (Wildman–Crippen LogP) is 3.24. The number of nitrogens with one attached hydrogen (secondary N) is 1. The van der Waals surface area contributed by atoms with Crippen LogP contribution in [0.1, 0.15) is 43.2 Å². The Morgan fingerprint density at radius 3 is 2.33 bits per heavy atom. The van der Waals surface area contributed by atoms with Crippen LogP contribution in [0.25, 0.3) is 0 Å². The van der Waals surface area contributed by atoms with Crippen molar-refractivity contribution in [2.45, 2.75) is 44.8 Å². The zero-order chi connectivity index (χ0) is 12.1. The highest BCUT2D eigenvalue weighted by Crippen LogP contribution is 2.21. The normalized spacial score (nSPS) is 16.0. The molecule has 0 heterocycles. The number of hydrogen-bond donors (Lipinski definition) is 2. The van der Waals surface area contributed by atoms with Crippen molar-refractivity contribution >= 4 is 18.2 Å². The van der Waals surface area contributed by atoms with E-state index in [1.54, 1.807) is 0 Å². The number of amidine groups is 1. The number of nitrogen functional groups attached to an aromatic ring is 1. The number of rotatable bonds is 4. The molecule has 3 N–H and O–H groups in total. The molecule has 0 spiro atoms. The first-order valence-electron chi connectivity index (χ1n) is 6.30. The van der Waals surface area contributed by atoms with Gasteiger partial charge in [-0.25, -0.2) is 0 Å². The van der Waals surface area contributed by atoms with Crippen molar-refractivity contribution in [3.63, 3.8) is 0 Å². The highest BCUT2D eigenvalue weighted by Gasteiger charge is 2.13. The lowest BCUT2D eigenvalue weighted by Gasteiger charge is -2.22. The number of halogens is 1. The fourth-order valence-corrected chi connectivity index (χ4v) is 2.23. The van der Waals surface area contributed by atoms with E-state index in [-0.39, 0.29) is 18.2 Å². The largest absolute Gasteiger partial charge is 0.384 e. The summed E-state index contributed by atoms with van der Waals surface area (Å²) >= 11 is 0. The lowest BCUT2D eigenvalue weighted by molar-refractivity contribution is 0.0169. The minimum absolute atomic E-state index is 0. The van der Waals surface area contributed by atoms with Gasteiger partial charge in [0.25, 0.3) is 0 Å². The summed E-state index contributed by atoms with van der Waals surface area (Å²) in [4.78, 5) is 0. The van der Waals surface area contributed by atoms with Gasteiger partial charge in [-0.2, -0.15) is 0 Å². The van der Waals surface area contributed by atoms with E-state index in [4.69, 9.17) is 15.9 Å². The van der Waals surface area contributed by atoms with Crippen LogP contribution in [0.2, 0.25) is 0 Å². The van der Waals surface area contributed by atoms with E-state index in [1.165, 1.54) is 32.1 Å². The van der Waals surface area contributed by atoms with Crippen LogP contribution >= 0.6 is 12.4 Å². The molecule has 2 rings (SSSR count). The molecule has 0 aliphatic heterocycles. The van der Waals surface area contributed by atoms with E-state index in [2.05, 4.69) is 0 Å². The summed E-state index contributed by atoms with van der Waals surface area (Å²) in [5.74, 6) is 0.116. The minimum Gasteiger partial charge on any atom is -0.384 e. The Morgan fingerprint density at radius 2 is 1.78 bits per heavy atom. The fraction of sp³-hybridized carbons (Fsp3) is 0.500. The van der Waals surface area contributed by atoms with Crippen molar-refractivity contribution in [2.24, 2.45) is 5.73 Å². The summed E-state index contributed by atoms with van der Waals surface area (Å²) in [6, 6.07) is 7.73. The highest BCUT2D eigenvalue weighted by molar-refractivity contribution is 5.94. The maximum atomic E-state index is 7.31. The molecule has 100 valence electrons. The van der Waals surface area contributed by atoms with Crippen LogP contribution in [0.15, 0.2) is 24.3 Å². The third-order valence-corrected chi connectivity index (χ3v) is 3.30. The topological polar surface area (TPSA) is 59.1 Å². The van der Waals surface area contributed by atoms with E-state index in [9.17, 15) is 0 Å². The van der Waals surface area contributed by atoms with Gasteiger partial charge < -0.3 is 10.5 Å². The first-order chi connectivity index (χ1) is 8.25. The molecule has 4 heteroatoms. The van der Waals surface area contributed by atoms with Crippen molar-refractivity contribution in [1.29, 1.82) is 5.41 Å². The Balaban J connectivity index is 0.00000162. The first kappa shape index (κ1) is 15.0. The van der Waals surface area contributed by atoms with Crippen molar-refractivity contribution in [3.8, 4) is 0 Å². The van der Waals surface area contributed by atoms with Gasteiger partial charge in [-0.1, -0.05) is 43.5 Å². The fourth-order valence-electron chi connectivity index (χ4n) is 2.23. The zero-order valence-electron chi connectivity index (χ0n) is 10.5. The van der Waals surface area contributed by atoms with Gasteiger partial charge in [0, 0.05) is 5.56 Å². The molecule has 3 nitrogen and oxygen atoms in total. The third-order valence-electron chi connectivity index (χ3n) is 3.30. The quantitative estimate of drug-likeness (QED) is 0.651. The molecule has 1 aliphatic carbocycles. The van der Waals surface area contributed by atoms with Gasteiger partial charge in [-0.15, -0.1) is 12.4 Å². The van der Waals surface area contributed by atoms with E-state index >= 15 is 0 Å². The van der Waals surface area contributed by atoms with Crippen molar-refractivity contribution in [2.75, 3.05) is 0 Å². The molecule has 0 bridgehead atoms. The van der Waals surface area contributed by atoms with Crippen molar-refractivity contribution in [1.82, 2.24) is 0 Å². The first-order valence-corrected chi connectivity index (χ1v) is 6.30. The van der Waals surface area contributed by atoms with Gasteiger partial charge in [0.15, 0.2) is 0 Å². The molecular weight excluding hydrogens is 248 g/mol. The Hall–Kier alpha value is -1.06. The van der Waals surface area contributed by atoms with Gasteiger partial charge >= 0.3 is 0 Å². The van der Waals surface area contributed by atoms with Crippen LogP contribution in [-0.2, 0) is 11.3 Å². The molecule has 0 radical (unpaired) electrons. The van der Waals surface area contributed by atoms with Gasteiger partial charge in [-0.05, 0) is 18.4 Å². The molecule has 1 aromatic carbocycles. The Bertz CT molecular complexity index is 372. The maximum absolute atomic E-state index is 7.31. The van der Waals surface area contributed by atoms with Crippen molar-refractivity contribution < 1.29 is 4.74 Å².